The average molecular weight is 290 g/mol. The minimum atomic E-state index is -0.314. The van der Waals surface area contributed by atoms with Crippen molar-refractivity contribution in [3.63, 3.8) is 0 Å². The average Bonchev–Trinajstić information content (AvgIpc) is 3.15. The van der Waals surface area contributed by atoms with Crippen LogP contribution in [-0.2, 0) is 17.8 Å². The second-order valence-electron chi connectivity index (χ2n) is 4.95. The Morgan fingerprint density at radius 2 is 2.20 bits per heavy atom. The van der Waals surface area contributed by atoms with E-state index in [-0.39, 0.29) is 18.1 Å². The Hall–Kier alpha value is -1.75. The fourth-order valence-electron chi connectivity index (χ4n) is 2.19. The maximum absolute atomic E-state index is 13.6. The highest BCUT2D eigenvalue weighted by Gasteiger charge is 2.33. The molecule has 0 radical (unpaired) electrons. The van der Waals surface area contributed by atoms with Crippen molar-refractivity contribution >= 4 is 17.2 Å². The Labute approximate surface area is 121 Å². The van der Waals surface area contributed by atoms with E-state index in [1.54, 1.807) is 35.7 Å². The van der Waals surface area contributed by atoms with Gasteiger partial charge in [0, 0.05) is 17.6 Å². The molecule has 1 aliphatic rings. The first kappa shape index (κ1) is 13.2. The van der Waals surface area contributed by atoms with Gasteiger partial charge in [0.25, 0.3) is 0 Å². The number of benzene rings is 1. The molecule has 0 unspecified atom stereocenters. The third-order valence-electron chi connectivity index (χ3n) is 3.40. The van der Waals surface area contributed by atoms with E-state index in [0.717, 1.165) is 17.8 Å². The topological polar surface area (TPSA) is 33.2 Å². The van der Waals surface area contributed by atoms with E-state index in [9.17, 15) is 9.18 Å². The molecule has 3 nitrogen and oxygen atoms in total. The van der Waals surface area contributed by atoms with Crippen LogP contribution in [0.3, 0.4) is 0 Å². The zero-order chi connectivity index (χ0) is 13.9. The molecule has 1 aromatic carbocycles. The molecule has 20 heavy (non-hydrogen) atoms. The van der Waals surface area contributed by atoms with Gasteiger partial charge in [-0.3, -0.25) is 4.79 Å². The maximum Gasteiger partial charge on any atom is 0.227 e. The SMILES string of the molecule is O=C(Cc1ccccc1F)N(Cc1nccs1)C1CC1. The molecule has 5 heteroatoms. The van der Waals surface area contributed by atoms with Crippen molar-refractivity contribution in [2.45, 2.75) is 31.8 Å². The second kappa shape index (κ2) is 5.71. The van der Waals surface area contributed by atoms with E-state index in [1.807, 2.05) is 10.3 Å². The summed E-state index contributed by atoms with van der Waals surface area (Å²) in [5, 5.41) is 2.83. The highest BCUT2D eigenvalue weighted by Crippen LogP contribution is 2.29. The Balaban J connectivity index is 1.71. The van der Waals surface area contributed by atoms with E-state index < -0.39 is 0 Å². The van der Waals surface area contributed by atoms with Crippen LogP contribution in [0.4, 0.5) is 4.39 Å². The van der Waals surface area contributed by atoms with Crippen LogP contribution in [0.25, 0.3) is 0 Å². The van der Waals surface area contributed by atoms with Crippen molar-refractivity contribution in [2.24, 2.45) is 0 Å². The van der Waals surface area contributed by atoms with E-state index in [4.69, 9.17) is 0 Å². The molecule has 0 saturated heterocycles. The standard InChI is InChI=1S/C15H15FN2OS/c16-13-4-2-1-3-11(13)9-15(19)18(12-5-6-12)10-14-17-7-8-20-14/h1-4,7-8,12H,5-6,9-10H2. The van der Waals surface area contributed by atoms with Gasteiger partial charge in [0.15, 0.2) is 0 Å². The van der Waals surface area contributed by atoms with Gasteiger partial charge in [-0.1, -0.05) is 18.2 Å². The molecule has 1 saturated carbocycles. The normalized spacial score (nSPS) is 14.2. The number of thiazole rings is 1. The number of halogens is 1. The van der Waals surface area contributed by atoms with Crippen molar-refractivity contribution in [3.8, 4) is 0 Å². The summed E-state index contributed by atoms with van der Waals surface area (Å²) < 4.78 is 13.6. The lowest BCUT2D eigenvalue weighted by molar-refractivity contribution is -0.131. The van der Waals surface area contributed by atoms with Crippen LogP contribution in [0.1, 0.15) is 23.4 Å². The van der Waals surface area contributed by atoms with Gasteiger partial charge in [0.05, 0.1) is 13.0 Å². The van der Waals surface area contributed by atoms with Crippen LogP contribution in [-0.4, -0.2) is 21.8 Å². The van der Waals surface area contributed by atoms with E-state index in [1.165, 1.54) is 6.07 Å². The largest absolute Gasteiger partial charge is 0.333 e. The number of aromatic nitrogens is 1. The van der Waals surface area contributed by atoms with Crippen molar-refractivity contribution < 1.29 is 9.18 Å². The van der Waals surface area contributed by atoms with E-state index >= 15 is 0 Å². The molecule has 0 N–H and O–H groups in total. The molecular weight excluding hydrogens is 275 g/mol. The second-order valence-corrected chi connectivity index (χ2v) is 5.93. The van der Waals surface area contributed by atoms with Crippen LogP contribution < -0.4 is 0 Å². The number of carbonyl (C=O) groups excluding carboxylic acids is 1. The van der Waals surface area contributed by atoms with Crippen molar-refractivity contribution in [1.29, 1.82) is 0 Å². The number of amides is 1. The van der Waals surface area contributed by atoms with Gasteiger partial charge in [-0.05, 0) is 24.5 Å². The van der Waals surface area contributed by atoms with Gasteiger partial charge in [0.1, 0.15) is 10.8 Å². The van der Waals surface area contributed by atoms with E-state index in [2.05, 4.69) is 4.98 Å². The lowest BCUT2D eigenvalue weighted by Gasteiger charge is -2.21. The fourth-order valence-corrected chi connectivity index (χ4v) is 2.80. The van der Waals surface area contributed by atoms with Gasteiger partial charge >= 0.3 is 0 Å². The summed E-state index contributed by atoms with van der Waals surface area (Å²) in [6.07, 6.45) is 3.93. The molecule has 1 amide bonds. The van der Waals surface area contributed by atoms with Crippen LogP contribution in [0.2, 0.25) is 0 Å². The van der Waals surface area contributed by atoms with Gasteiger partial charge in [-0.25, -0.2) is 9.37 Å². The lowest BCUT2D eigenvalue weighted by atomic mass is 10.1. The maximum atomic E-state index is 13.6. The Morgan fingerprint density at radius 1 is 1.40 bits per heavy atom. The quantitative estimate of drug-likeness (QED) is 0.848. The van der Waals surface area contributed by atoms with Crippen LogP contribution in [0.15, 0.2) is 35.8 Å². The fraction of sp³-hybridized carbons (Fsp3) is 0.333. The van der Waals surface area contributed by atoms with Gasteiger partial charge in [-0.15, -0.1) is 11.3 Å². The summed E-state index contributed by atoms with van der Waals surface area (Å²) in [6, 6.07) is 6.76. The monoisotopic (exact) mass is 290 g/mol. The molecule has 3 rings (SSSR count). The first-order chi connectivity index (χ1) is 9.74. The van der Waals surface area contributed by atoms with Gasteiger partial charge in [0.2, 0.25) is 5.91 Å². The lowest BCUT2D eigenvalue weighted by Crippen LogP contribution is -2.34. The first-order valence-corrected chi connectivity index (χ1v) is 7.53. The number of rotatable bonds is 5. The Bertz CT molecular complexity index is 596. The zero-order valence-corrected chi connectivity index (χ0v) is 11.8. The van der Waals surface area contributed by atoms with E-state index in [0.29, 0.717) is 18.2 Å². The molecule has 0 spiro atoms. The van der Waals surface area contributed by atoms with Crippen molar-refractivity contribution in [2.75, 3.05) is 0 Å². The molecule has 104 valence electrons. The molecule has 2 aromatic rings. The number of hydrogen-bond acceptors (Lipinski definition) is 3. The number of hydrogen-bond donors (Lipinski definition) is 0. The predicted octanol–water partition coefficient (Wildman–Crippen LogP) is 3.02. The third kappa shape index (κ3) is 3.04. The third-order valence-corrected chi connectivity index (χ3v) is 4.16. The summed E-state index contributed by atoms with van der Waals surface area (Å²) in [5.41, 5.74) is 0.460. The molecule has 1 heterocycles. The molecular formula is C15H15FN2OS. The highest BCUT2D eigenvalue weighted by molar-refractivity contribution is 7.09. The smallest absolute Gasteiger partial charge is 0.227 e. The Morgan fingerprint density at radius 3 is 2.85 bits per heavy atom. The van der Waals surface area contributed by atoms with Crippen LogP contribution >= 0.6 is 11.3 Å². The molecule has 0 bridgehead atoms. The molecule has 1 aliphatic carbocycles. The van der Waals surface area contributed by atoms with Gasteiger partial charge in [-0.2, -0.15) is 0 Å². The molecule has 1 fully saturated rings. The predicted molar refractivity (Wildman–Crippen MR) is 75.8 cm³/mol. The highest BCUT2D eigenvalue weighted by atomic mass is 32.1. The summed E-state index contributed by atoms with van der Waals surface area (Å²) in [4.78, 5) is 18.5. The van der Waals surface area contributed by atoms with Gasteiger partial charge < -0.3 is 4.90 Å². The summed E-state index contributed by atoms with van der Waals surface area (Å²) in [5.74, 6) is -0.335. The number of carbonyl (C=O) groups is 1. The first-order valence-electron chi connectivity index (χ1n) is 6.65. The molecule has 1 aromatic heterocycles. The minimum Gasteiger partial charge on any atom is -0.333 e. The molecule has 0 aliphatic heterocycles. The minimum absolute atomic E-state index is 0.0206. The summed E-state index contributed by atoms with van der Waals surface area (Å²) >= 11 is 1.54. The summed E-state index contributed by atoms with van der Waals surface area (Å²) in [7, 11) is 0. The van der Waals surface area contributed by atoms with Crippen LogP contribution in [0.5, 0.6) is 0 Å². The summed E-state index contributed by atoms with van der Waals surface area (Å²) in [6.45, 7) is 0.537. The van der Waals surface area contributed by atoms with Crippen molar-refractivity contribution in [1.82, 2.24) is 9.88 Å². The number of nitrogens with zero attached hydrogens (tertiary/aromatic N) is 2. The Kier molecular flexibility index (Phi) is 3.78. The molecule has 0 atom stereocenters. The van der Waals surface area contributed by atoms with Crippen LogP contribution in [0, 0.1) is 5.82 Å². The van der Waals surface area contributed by atoms with Crippen molar-refractivity contribution in [3.05, 3.63) is 52.2 Å². The zero-order valence-electron chi connectivity index (χ0n) is 11.0.